The van der Waals surface area contributed by atoms with Crippen molar-refractivity contribution in [3.05, 3.63) is 0 Å². The number of carbonyl (C=O) groups excluding carboxylic acids is 2. The van der Waals surface area contributed by atoms with Gasteiger partial charge in [-0.2, -0.15) is 11.8 Å². The van der Waals surface area contributed by atoms with E-state index in [9.17, 15) is 9.59 Å². The van der Waals surface area contributed by atoms with Crippen LogP contribution in [0.4, 0.5) is 0 Å². The topological polar surface area (TPSA) is 49.4 Å². The van der Waals surface area contributed by atoms with Gasteiger partial charge in [0.05, 0.1) is 0 Å². The van der Waals surface area contributed by atoms with Crippen molar-refractivity contribution in [3.63, 3.8) is 0 Å². The first-order chi connectivity index (χ1) is 8.95. The van der Waals surface area contributed by atoms with Crippen LogP contribution in [0.15, 0.2) is 0 Å². The Morgan fingerprint density at radius 1 is 1.32 bits per heavy atom. The summed E-state index contributed by atoms with van der Waals surface area (Å²) in [7, 11) is 0. The minimum Gasteiger partial charge on any atom is -0.340 e. The van der Waals surface area contributed by atoms with Crippen molar-refractivity contribution in [2.75, 3.05) is 12.8 Å². The van der Waals surface area contributed by atoms with E-state index >= 15 is 0 Å². The Morgan fingerprint density at radius 2 is 1.89 bits per heavy atom. The van der Waals surface area contributed by atoms with Gasteiger partial charge < -0.3 is 10.2 Å². The molecule has 0 aromatic rings. The molecule has 2 atom stereocenters. The SMILES string of the molecule is CCC1C(=O)NC(CC)(CC)C(=O)N1CC(C)SC. The molecular weight excluding hydrogens is 260 g/mol. The number of amides is 2. The van der Waals surface area contributed by atoms with Crippen LogP contribution < -0.4 is 5.32 Å². The highest BCUT2D eigenvalue weighted by molar-refractivity contribution is 7.99. The number of nitrogens with one attached hydrogen (secondary N) is 1. The number of rotatable bonds is 6. The normalized spacial score (nSPS) is 24.3. The van der Waals surface area contributed by atoms with Crippen LogP contribution in [0.5, 0.6) is 0 Å². The Labute approximate surface area is 120 Å². The molecule has 0 bridgehead atoms. The van der Waals surface area contributed by atoms with Crippen LogP contribution in [0, 0.1) is 0 Å². The molecule has 0 aliphatic carbocycles. The first-order valence-electron chi connectivity index (χ1n) is 7.11. The van der Waals surface area contributed by atoms with E-state index in [0.29, 0.717) is 31.1 Å². The van der Waals surface area contributed by atoms with Crippen molar-refractivity contribution < 1.29 is 9.59 Å². The maximum atomic E-state index is 12.8. The van der Waals surface area contributed by atoms with Crippen molar-refractivity contribution in [2.24, 2.45) is 0 Å². The van der Waals surface area contributed by atoms with E-state index in [1.807, 2.05) is 27.0 Å². The molecule has 4 nitrogen and oxygen atoms in total. The lowest BCUT2D eigenvalue weighted by Gasteiger charge is -2.46. The second-order valence-electron chi connectivity index (χ2n) is 5.21. The largest absolute Gasteiger partial charge is 0.340 e. The van der Waals surface area contributed by atoms with Crippen LogP contribution in [0.25, 0.3) is 0 Å². The van der Waals surface area contributed by atoms with Gasteiger partial charge in [-0.1, -0.05) is 27.7 Å². The van der Waals surface area contributed by atoms with Gasteiger partial charge >= 0.3 is 0 Å². The smallest absolute Gasteiger partial charge is 0.249 e. The molecule has 0 aromatic carbocycles. The second-order valence-corrected chi connectivity index (χ2v) is 6.48. The molecule has 2 amide bonds. The Balaban J connectivity index is 3.05. The van der Waals surface area contributed by atoms with Gasteiger partial charge in [0.15, 0.2) is 0 Å². The highest BCUT2D eigenvalue weighted by Crippen LogP contribution is 2.27. The van der Waals surface area contributed by atoms with Crippen LogP contribution in [0.3, 0.4) is 0 Å². The number of thioether (sulfide) groups is 1. The van der Waals surface area contributed by atoms with Gasteiger partial charge in [-0.15, -0.1) is 0 Å². The van der Waals surface area contributed by atoms with E-state index in [-0.39, 0.29) is 17.9 Å². The molecule has 0 spiro atoms. The molecule has 1 rings (SSSR count). The summed E-state index contributed by atoms with van der Waals surface area (Å²) in [4.78, 5) is 26.8. The fraction of sp³-hybridized carbons (Fsp3) is 0.857. The number of nitrogens with zero attached hydrogens (tertiary/aromatic N) is 1. The molecule has 1 N–H and O–H groups in total. The predicted octanol–water partition coefficient (Wildman–Crippen LogP) is 2.03. The van der Waals surface area contributed by atoms with E-state index in [1.54, 1.807) is 16.7 Å². The van der Waals surface area contributed by atoms with Gasteiger partial charge in [0.1, 0.15) is 11.6 Å². The second kappa shape index (κ2) is 6.64. The van der Waals surface area contributed by atoms with E-state index in [0.717, 1.165) is 0 Å². The molecule has 19 heavy (non-hydrogen) atoms. The third-order valence-corrected chi connectivity index (χ3v) is 5.12. The maximum absolute atomic E-state index is 12.8. The molecule has 5 heteroatoms. The predicted molar refractivity (Wildman–Crippen MR) is 80.2 cm³/mol. The standard InChI is InChI=1S/C14H26N2O2S/c1-6-11-12(17)15-14(7-2,8-3)13(18)16(11)9-10(4)19-5/h10-11H,6-9H2,1-5H3,(H,15,17). The number of piperazine rings is 1. The Kier molecular flexibility index (Phi) is 5.71. The fourth-order valence-electron chi connectivity index (χ4n) is 2.63. The summed E-state index contributed by atoms with van der Waals surface area (Å²) in [5.41, 5.74) is -0.694. The zero-order valence-electron chi connectivity index (χ0n) is 12.7. The molecule has 0 saturated carbocycles. The van der Waals surface area contributed by atoms with Crippen molar-refractivity contribution in [3.8, 4) is 0 Å². The van der Waals surface area contributed by atoms with Gasteiger partial charge in [0.25, 0.3) is 0 Å². The summed E-state index contributed by atoms with van der Waals surface area (Å²) in [6.07, 6.45) is 4.00. The lowest BCUT2D eigenvalue weighted by molar-refractivity contribution is -0.155. The maximum Gasteiger partial charge on any atom is 0.249 e. The molecule has 1 heterocycles. The number of hydrogen-bond donors (Lipinski definition) is 1. The van der Waals surface area contributed by atoms with Gasteiger partial charge in [0.2, 0.25) is 11.8 Å². The van der Waals surface area contributed by atoms with E-state index < -0.39 is 5.54 Å². The minimum atomic E-state index is -0.694. The summed E-state index contributed by atoms with van der Waals surface area (Å²) >= 11 is 1.72. The molecule has 110 valence electrons. The molecular formula is C14H26N2O2S. The lowest BCUT2D eigenvalue weighted by Crippen LogP contribution is -2.70. The van der Waals surface area contributed by atoms with Crippen LogP contribution in [-0.4, -0.2) is 46.3 Å². The van der Waals surface area contributed by atoms with Crippen molar-refractivity contribution >= 4 is 23.6 Å². The first-order valence-corrected chi connectivity index (χ1v) is 8.40. The third-order valence-electron chi connectivity index (χ3n) is 4.16. The molecule has 1 saturated heterocycles. The lowest BCUT2D eigenvalue weighted by atomic mass is 9.86. The number of hydrogen-bond acceptors (Lipinski definition) is 3. The Bertz CT molecular complexity index is 342. The van der Waals surface area contributed by atoms with E-state index in [1.165, 1.54) is 0 Å². The quantitative estimate of drug-likeness (QED) is 0.813. The first kappa shape index (κ1) is 16.3. The van der Waals surface area contributed by atoms with Crippen molar-refractivity contribution in [1.82, 2.24) is 10.2 Å². The summed E-state index contributed by atoms with van der Waals surface area (Å²) < 4.78 is 0. The van der Waals surface area contributed by atoms with Gasteiger partial charge in [-0.25, -0.2) is 0 Å². The summed E-state index contributed by atoms with van der Waals surface area (Å²) in [5, 5.41) is 3.31. The zero-order valence-corrected chi connectivity index (χ0v) is 13.5. The van der Waals surface area contributed by atoms with Crippen LogP contribution in [0.2, 0.25) is 0 Å². The fourth-order valence-corrected chi connectivity index (χ4v) is 2.94. The third kappa shape index (κ3) is 3.07. The van der Waals surface area contributed by atoms with Crippen molar-refractivity contribution in [2.45, 2.75) is 63.8 Å². The van der Waals surface area contributed by atoms with Crippen molar-refractivity contribution in [1.29, 1.82) is 0 Å². The summed E-state index contributed by atoms with van der Waals surface area (Å²) in [5.74, 6) is 0.0870. The zero-order chi connectivity index (χ0) is 14.6. The molecule has 1 aliphatic rings. The number of carbonyl (C=O) groups is 2. The Hall–Kier alpha value is -0.710. The van der Waals surface area contributed by atoms with Gasteiger partial charge in [-0.3, -0.25) is 9.59 Å². The van der Waals surface area contributed by atoms with Crippen LogP contribution in [-0.2, 0) is 9.59 Å². The molecule has 2 unspecified atom stereocenters. The summed E-state index contributed by atoms with van der Waals surface area (Å²) in [6, 6.07) is -0.312. The molecule has 1 aliphatic heterocycles. The average molecular weight is 286 g/mol. The monoisotopic (exact) mass is 286 g/mol. The highest BCUT2D eigenvalue weighted by atomic mass is 32.2. The molecule has 0 radical (unpaired) electrons. The average Bonchev–Trinajstić information content (AvgIpc) is 2.42. The molecule has 0 aromatic heterocycles. The van der Waals surface area contributed by atoms with Gasteiger partial charge in [0, 0.05) is 11.8 Å². The van der Waals surface area contributed by atoms with E-state index in [2.05, 4.69) is 12.2 Å². The Morgan fingerprint density at radius 3 is 2.32 bits per heavy atom. The molecule has 1 fully saturated rings. The van der Waals surface area contributed by atoms with Gasteiger partial charge in [-0.05, 0) is 25.5 Å². The minimum absolute atomic E-state index is 0.000830. The summed E-state index contributed by atoms with van der Waals surface area (Å²) in [6.45, 7) is 8.62. The van der Waals surface area contributed by atoms with E-state index in [4.69, 9.17) is 0 Å². The van der Waals surface area contributed by atoms with Crippen LogP contribution in [0.1, 0.15) is 47.0 Å². The van der Waals surface area contributed by atoms with Crippen LogP contribution >= 0.6 is 11.8 Å². The highest BCUT2D eigenvalue weighted by Gasteiger charge is 2.48.